The normalized spacial score (nSPS) is 30.8. The third-order valence-corrected chi connectivity index (χ3v) is 18.2. The number of allylic oxidation sites excluding steroid dienone is 2. The van der Waals surface area contributed by atoms with Gasteiger partial charge in [0.05, 0.1) is 25.4 Å². The van der Waals surface area contributed by atoms with Crippen molar-refractivity contribution in [2.45, 2.75) is 149 Å². The van der Waals surface area contributed by atoms with Crippen LogP contribution in [0.4, 0.5) is 0 Å². The van der Waals surface area contributed by atoms with E-state index in [1.165, 1.54) is 27.1 Å². The summed E-state index contributed by atoms with van der Waals surface area (Å²) in [6.07, 6.45) is 6.83. The van der Waals surface area contributed by atoms with E-state index in [9.17, 15) is 33.9 Å². The van der Waals surface area contributed by atoms with Gasteiger partial charge in [-0.1, -0.05) is 76.2 Å². The lowest BCUT2D eigenvalue weighted by molar-refractivity contribution is -0.165. The molecular formula is C52H70N2O10S2. The number of β-amino-alcohol motifs (C(OH)–C–C–N with tert-alkyl or cyclic N) is 1. The number of Topliss-reactive ketones (excluding diaryl/α,β-unsaturated/α-hetero) is 1. The van der Waals surface area contributed by atoms with Crippen molar-refractivity contribution in [1.82, 2.24) is 10.2 Å². The summed E-state index contributed by atoms with van der Waals surface area (Å²) in [4.78, 5) is 82.3. The van der Waals surface area contributed by atoms with Crippen LogP contribution in [0, 0.1) is 40.9 Å². The number of thioether (sulfide) groups is 1. The van der Waals surface area contributed by atoms with Gasteiger partial charge < -0.3 is 29.5 Å². The standard InChI is InChI=1S/C52H70N2O10S2/c1-31-16-22-65-46(31)34-11-9-33(10-12-34)32(2)53-47(60)42-26-37(56)28-54(42)48(61)41(49(3,4)5)25-38(57)29-62-20-21-63-30-45(59)66-43-24-35-23-36(55)13-18-51(35,7)40-14-17-50(6,27-39(40)43)52(8)19-15-44(58)64-52/h9-12,16,22-23,32,37,39-43,56H,13-15,17-21,24-30H2,1-8H3,(H,53,60)/t32-,37+,39?,40?,41+,42-,43+,50?,51?,52+/m0/s1. The van der Waals surface area contributed by atoms with Crippen LogP contribution in [0.5, 0.6) is 0 Å². The Kier molecular flexibility index (Phi) is 15.3. The Morgan fingerprint density at radius 2 is 1.71 bits per heavy atom. The van der Waals surface area contributed by atoms with Gasteiger partial charge in [-0.2, -0.15) is 0 Å². The summed E-state index contributed by atoms with van der Waals surface area (Å²) in [5.74, 6) is -1.22. The number of carbonyl (C=O) groups excluding carboxylic acids is 6. The second-order valence-electron chi connectivity index (χ2n) is 21.5. The number of amides is 2. The van der Waals surface area contributed by atoms with Crippen molar-refractivity contribution in [3.05, 3.63) is 58.5 Å². The Bertz CT molecular complexity index is 2200. The fraction of sp³-hybridized carbons (Fsp3) is 0.654. The number of nitrogens with one attached hydrogen (secondary N) is 1. The van der Waals surface area contributed by atoms with Crippen molar-refractivity contribution in [3.63, 3.8) is 0 Å². The lowest BCUT2D eigenvalue weighted by Gasteiger charge is -2.59. The highest BCUT2D eigenvalue weighted by atomic mass is 32.2. The van der Waals surface area contributed by atoms with Gasteiger partial charge in [0, 0.05) is 53.7 Å². The van der Waals surface area contributed by atoms with Gasteiger partial charge in [0.15, 0.2) is 11.6 Å². The van der Waals surface area contributed by atoms with Crippen molar-refractivity contribution in [2.24, 2.45) is 34.0 Å². The molecular weight excluding hydrogens is 877 g/mol. The molecule has 1 aromatic heterocycles. The van der Waals surface area contributed by atoms with Crippen molar-refractivity contribution in [3.8, 4) is 10.4 Å². The number of hydrogen-bond donors (Lipinski definition) is 2. The number of likely N-dealkylation sites (tertiary alicyclic amines) is 1. The van der Waals surface area contributed by atoms with Gasteiger partial charge >= 0.3 is 5.97 Å². The van der Waals surface area contributed by atoms with Gasteiger partial charge in [-0.15, -0.1) is 11.3 Å². The zero-order chi connectivity index (χ0) is 47.8. The molecule has 0 spiro atoms. The summed E-state index contributed by atoms with van der Waals surface area (Å²) in [7, 11) is 0. The molecule has 12 nitrogen and oxygen atoms in total. The number of benzene rings is 1. The molecule has 10 atom stereocenters. The highest BCUT2D eigenvalue weighted by Gasteiger charge is 2.60. The van der Waals surface area contributed by atoms with Crippen molar-refractivity contribution in [2.75, 3.05) is 33.0 Å². The second-order valence-corrected chi connectivity index (χ2v) is 23.7. The molecule has 0 radical (unpaired) electrons. The van der Waals surface area contributed by atoms with Crippen LogP contribution < -0.4 is 5.32 Å². The topological polar surface area (TPSA) is 166 Å². The third kappa shape index (κ3) is 10.8. The summed E-state index contributed by atoms with van der Waals surface area (Å²) in [6, 6.07) is 8.94. The molecule has 2 saturated carbocycles. The van der Waals surface area contributed by atoms with Crippen molar-refractivity contribution in [1.29, 1.82) is 0 Å². The first kappa shape index (κ1) is 50.2. The lowest BCUT2D eigenvalue weighted by Crippen LogP contribution is -2.55. The number of aliphatic hydroxyl groups excluding tert-OH is 1. The minimum absolute atomic E-state index is 0.000621. The van der Waals surface area contributed by atoms with Crippen LogP contribution in [0.25, 0.3) is 10.4 Å². The molecule has 4 fully saturated rings. The predicted octanol–water partition coefficient (Wildman–Crippen LogP) is 8.36. The van der Waals surface area contributed by atoms with Gasteiger partial charge in [0.2, 0.25) is 16.9 Å². The van der Waals surface area contributed by atoms with Crippen LogP contribution in [0.2, 0.25) is 0 Å². The summed E-state index contributed by atoms with van der Waals surface area (Å²) in [5, 5.41) is 15.7. The van der Waals surface area contributed by atoms with E-state index in [1.54, 1.807) is 11.3 Å². The number of hydrogen-bond acceptors (Lipinski definition) is 12. The van der Waals surface area contributed by atoms with Crippen molar-refractivity contribution >= 4 is 57.6 Å². The minimum Gasteiger partial charge on any atom is -0.459 e. The number of ketones is 2. The highest BCUT2D eigenvalue weighted by molar-refractivity contribution is 8.14. The van der Waals surface area contributed by atoms with E-state index in [-0.39, 0.29) is 108 Å². The third-order valence-electron chi connectivity index (χ3n) is 16.0. The molecule has 360 valence electrons. The van der Waals surface area contributed by atoms with Crippen LogP contribution in [-0.2, 0) is 43.0 Å². The number of nitrogens with zero attached hydrogens (tertiary/aromatic N) is 1. The van der Waals surface area contributed by atoms with Crippen LogP contribution >= 0.6 is 23.1 Å². The van der Waals surface area contributed by atoms with E-state index in [2.05, 4.69) is 44.5 Å². The number of aliphatic hydroxyl groups is 1. The summed E-state index contributed by atoms with van der Waals surface area (Å²) in [6.45, 7) is 16.0. The van der Waals surface area contributed by atoms with E-state index >= 15 is 0 Å². The molecule has 3 heterocycles. The monoisotopic (exact) mass is 946 g/mol. The van der Waals surface area contributed by atoms with E-state index in [4.69, 9.17) is 14.2 Å². The number of esters is 1. The Morgan fingerprint density at radius 1 is 1.00 bits per heavy atom. The zero-order valence-corrected chi connectivity index (χ0v) is 41.7. The highest BCUT2D eigenvalue weighted by Crippen LogP contribution is 2.64. The molecule has 4 unspecified atom stereocenters. The summed E-state index contributed by atoms with van der Waals surface area (Å²) in [5.41, 5.74) is 2.90. The molecule has 2 amide bonds. The van der Waals surface area contributed by atoms with E-state index in [0.29, 0.717) is 31.6 Å². The Balaban J connectivity index is 0.881. The summed E-state index contributed by atoms with van der Waals surface area (Å²) < 4.78 is 17.4. The maximum Gasteiger partial charge on any atom is 0.306 e. The van der Waals surface area contributed by atoms with Crippen LogP contribution in [0.3, 0.4) is 0 Å². The maximum atomic E-state index is 14.2. The Labute approximate surface area is 398 Å². The van der Waals surface area contributed by atoms with E-state index in [0.717, 1.165) is 42.4 Å². The van der Waals surface area contributed by atoms with Gasteiger partial charge in [0.25, 0.3) is 0 Å². The molecule has 2 saturated heterocycles. The smallest absolute Gasteiger partial charge is 0.306 e. The minimum atomic E-state index is -0.879. The fourth-order valence-electron chi connectivity index (χ4n) is 11.6. The summed E-state index contributed by atoms with van der Waals surface area (Å²) >= 11 is 2.99. The molecule has 5 aliphatic rings. The molecule has 1 aromatic carbocycles. The number of thiophene rings is 1. The number of carbonyl (C=O) groups is 6. The predicted molar refractivity (Wildman–Crippen MR) is 255 cm³/mol. The van der Waals surface area contributed by atoms with Crippen LogP contribution in [0.1, 0.15) is 130 Å². The molecule has 66 heavy (non-hydrogen) atoms. The first-order chi connectivity index (χ1) is 31.1. The maximum absolute atomic E-state index is 14.2. The molecule has 0 bridgehead atoms. The van der Waals surface area contributed by atoms with Gasteiger partial charge in [-0.25, -0.2) is 0 Å². The van der Waals surface area contributed by atoms with Gasteiger partial charge in [0.1, 0.15) is 24.9 Å². The first-order valence-electron chi connectivity index (χ1n) is 23.9. The molecule has 14 heteroatoms. The Hall–Kier alpha value is -3.69. The van der Waals surface area contributed by atoms with E-state index in [1.807, 2.05) is 58.0 Å². The molecule has 2 N–H and O–H groups in total. The average Bonchev–Trinajstić information content (AvgIpc) is 3.98. The number of rotatable bonds is 16. The largest absolute Gasteiger partial charge is 0.459 e. The van der Waals surface area contributed by atoms with Gasteiger partial charge in [-0.3, -0.25) is 28.8 Å². The van der Waals surface area contributed by atoms with Crippen LogP contribution in [-0.4, -0.2) is 100 Å². The van der Waals surface area contributed by atoms with E-state index < -0.39 is 29.1 Å². The molecule has 7 rings (SSSR count). The van der Waals surface area contributed by atoms with Gasteiger partial charge in [-0.05, 0) is 116 Å². The van der Waals surface area contributed by atoms with Crippen LogP contribution in [0.15, 0.2) is 47.4 Å². The SMILES string of the molecule is Cc1ccsc1-c1ccc([C@H](C)NC(=O)[C@@H]2C[C@@H](O)CN2C(=O)[C@@H](CC(=O)COCCOCC(=O)S[C@@H]2CC3=CC(=O)CCC3(C)C3CCC(C)([C@@]4(C)CCC(=O)O4)CC32)C(C)(C)C)cc1. The Morgan fingerprint density at radius 3 is 2.36 bits per heavy atom. The number of aryl methyl sites for hydroxylation is 1. The first-order valence-corrected chi connectivity index (χ1v) is 25.6. The molecule has 2 aliphatic heterocycles. The molecule has 3 aliphatic carbocycles. The average molecular weight is 947 g/mol. The number of fused-ring (bicyclic) bond motifs is 3. The zero-order valence-electron chi connectivity index (χ0n) is 40.1. The lowest BCUT2D eigenvalue weighted by atomic mass is 9.48. The fourth-order valence-corrected chi connectivity index (χ4v) is 13.8. The van der Waals surface area contributed by atoms with Crippen molar-refractivity contribution < 1.29 is 48.1 Å². The molecule has 2 aromatic rings. The quantitative estimate of drug-likeness (QED) is 0.123. The number of ether oxygens (including phenoxy) is 3. The second kappa shape index (κ2) is 20.1. The number of cyclic esters (lactones) is 1.